The first-order valence-corrected chi connectivity index (χ1v) is 7.32. The lowest BCUT2D eigenvalue weighted by molar-refractivity contribution is -0.149. The molecule has 0 heterocycles. The van der Waals surface area contributed by atoms with Crippen LogP contribution in [0.4, 0.5) is 5.69 Å². The van der Waals surface area contributed by atoms with Gasteiger partial charge in [0.2, 0.25) is 0 Å². The first-order chi connectivity index (χ1) is 11.0. The zero-order valence-electron chi connectivity index (χ0n) is 12.5. The Bertz CT molecular complexity index is 685. The highest BCUT2D eigenvalue weighted by molar-refractivity contribution is 6.32. The average Bonchev–Trinajstić information content (AvgIpc) is 2.54. The van der Waals surface area contributed by atoms with Gasteiger partial charge in [-0.3, -0.25) is 4.79 Å². The van der Waals surface area contributed by atoms with Crippen LogP contribution in [0.15, 0.2) is 48.5 Å². The normalized spacial score (nSPS) is 10.0. The Labute approximate surface area is 139 Å². The van der Waals surface area contributed by atoms with E-state index in [2.05, 4.69) is 5.32 Å². The molecule has 2 rings (SSSR count). The molecule has 1 N–H and O–H groups in total. The topological polar surface area (TPSA) is 64.6 Å². The summed E-state index contributed by atoms with van der Waals surface area (Å²) in [4.78, 5) is 23.2. The Morgan fingerprint density at radius 1 is 1.04 bits per heavy atom. The number of aryl methyl sites for hydroxylation is 1. The molecule has 0 aliphatic carbocycles. The summed E-state index contributed by atoms with van der Waals surface area (Å²) < 4.78 is 10.1. The number of rotatable bonds is 6. The van der Waals surface area contributed by atoms with E-state index in [9.17, 15) is 9.59 Å². The molecule has 0 radical (unpaired) electrons. The molecule has 6 heteroatoms. The summed E-state index contributed by atoms with van der Waals surface area (Å²) in [5.41, 5.74) is 1.73. The molecule has 0 saturated carbocycles. The molecule has 0 aliphatic rings. The molecule has 23 heavy (non-hydrogen) atoms. The van der Waals surface area contributed by atoms with E-state index in [1.54, 1.807) is 36.4 Å². The Balaban J connectivity index is 1.72. The van der Waals surface area contributed by atoms with Crippen LogP contribution in [-0.4, -0.2) is 25.1 Å². The van der Waals surface area contributed by atoms with Gasteiger partial charge in [-0.15, -0.1) is 0 Å². The molecule has 0 fully saturated rings. The highest BCUT2D eigenvalue weighted by Crippen LogP contribution is 2.22. The van der Waals surface area contributed by atoms with Crippen molar-refractivity contribution in [2.24, 2.45) is 0 Å². The summed E-state index contributed by atoms with van der Waals surface area (Å²) >= 11 is 5.90. The minimum Gasteiger partial charge on any atom is -0.480 e. The quantitative estimate of drug-likeness (QED) is 0.824. The molecular weight excluding hydrogens is 318 g/mol. The van der Waals surface area contributed by atoms with Gasteiger partial charge in [0.1, 0.15) is 5.75 Å². The zero-order valence-corrected chi connectivity index (χ0v) is 13.3. The first kappa shape index (κ1) is 16.8. The van der Waals surface area contributed by atoms with Gasteiger partial charge in [-0.2, -0.15) is 0 Å². The lowest BCUT2D eigenvalue weighted by atomic mass is 10.2. The molecule has 2 aromatic rings. The van der Waals surface area contributed by atoms with E-state index < -0.39 is 11.9 Å². The third-order valence-electron chi connectivity index (χ3n) is 2.88. The summed E-state index contributed by atoms with van der Waals surface area (Å²) in [6.07, 6.45) is 0. The number of hydrogen-bond donors (Lipinski definition) is 1. The van der Waals surface area contributed by atoms with Crippen LogP contribution >= 0.6 is 11.6 Å². The van der Waals surface area contributed by atoms with Crippen molar-refractivity contribution in [3.05, 3.63) is 59.1 Å². The van der Waals surface area contributed by atoms with Crippen LogP contribution in [0.25, 0.3) is 0 Å². The molecule has 1 amide bonds. The molecule has 2 aromatic carbocycles. The maximum atomic E-state index is 11.7. The summed E-state index contributed by atoms with van der Waals surface area (Å²) in [6.45, 7) is 1.26. The Morgan fingerprint density at radius 3 is 2.43 bits per heavy atom. The van der Waals surface area contributed by atoms with Crippen LogP contribution in [0.5, 0.6) is 5.75 Å². The Hall–Kier alpha value is -2.53. The second kappa shape index (κ2) is 8.19. The van der Waals surface area contributed by atoms with Crippen molar-refractivity contribution in [2.45, 2.75) is 6.92 Å². The average molecular weight is 334 g/mol. The summed E-state index contributed by atoms with van der Waals surface area (Å²) in [5.74, 6) is -0.681. The van der Waals surface area contributed by atoms with Gasteiger partial charge in [-0.25, -0.2) is 4.79 Å². The lowest BCUT2D eigenvalue weighted by Crippen LogP contribution is -2.23. The number of para-hydroxylation sites is 1. The molecule has 0 bridgehead atoms. The molecule has 5 nitrogen and oxygen atoms in total. The molecule has 120 valence electrons. The molecule has 0 aliphatic heterocycles. The van der Waals surface area contributed by atoms with Gasteiger partial charge in [-0.05, 0) is 31.2 Å². The van der Waals surface area contributed by atoms with E-state index in [1.807, 2.05) is 19.1 Å². The van der Waals surface area contributed by atoms with E-state index in [0.29, 0.717) is 16.5 Å². The summed E-state index contributed by atoms with van der Waals surface area (Å²) in [6, 6.07) is 14.1. The maximum Gasteiger partial charge on any atom is 0.344 e. The number of ether oxygens (including phenoxy) is 2. The molecule has 0 saturated heterocycles. The van der Waals surface area contributed by atoms with Crippen LogP contribution in [-0.2, 0) is 14.3 Å². The van der Waals surface area contributed by atoms with Crippen LogP contribution in [0.2, 0.25) is 5.02 Å². The number of carbonyl (C=O) groups excluding carboxylic acids is 2. The van der Waals surface area contributed by atoms with Gasteiger partial charge in [0.05, 0.1) is 5.02 Å². The monoisotopic (exact) mass is 333 g/mol. The van der Waals surface area contributed by atoms with Crippen molar-refractivity contribution >= 4 is 29.2 Å². The predicted octanol–water partition coefficient (Wildman–Crippen LogP) is 3.21. The van der Waals surface area contributed by atoms with Crippen LogP contribution in [0.3, 0.4) is 0 Å². The van der Waals surface area contributed by atoms with Crippen molar-refractivity contribution in [3.63, 3.8) is 0 Å². The molecule has 0 unspecified atom stereocenters. The van der Waals surface area contributed by atoms with E-state index >= 15 is 0 Å². The number of anilines is 1. The van der Waals surface area contributed by atoms with Gasteiger partial charge in [0.15, 0.2) is 13.2 Å². The fourth-order valence-electron chi connectivity index (χ4n) is 1.72. The van der Waals surface area contributed by atoms with Crippen LogP contribution in [0.1, 0.15) is 5.56 Å². The molecule has 0 atom stereocenters. The number of amides is 1. The van der Waals surface area contributed by atoms with Crippen LogP contribution in [0, 0.1) is 6.92 Å². The highest BCUT2D eigenvalue weighted by Gasteiger charge is 2.10. The van der Waals surface area contributed by atoms with Crippen molar-refractivity contribution in [2.75, 3.05) is 18.5 Å². The second-order valence-electron chi connectivity index (χ2n) is 4.79. The Kier molecular flexibility index (Phi) is 6.00. The second-order valence-corrected chi connectivity index (χ2v) is 5.20. The lowest BCUT2D eigenvalue weighted by Gasteiger charge is -2.08. The first-order valence-electron chi connectivity index (χ1n) is 6.94. The minimum atomic E-state index is -0.649. The Morgan fingerprint density at radius 2 is 1.74 bits per heavy atom. The number of hydrogen-bond acceptors (Lipinski definition) is 4. The maximum absolute atomic E-state index is 11.7. The number of benzene rings is 2. The number of esters is 1. The highest BCUT2D eigenvalue weighted by atomic mass is 35.5. The summed E-state index contributed by atoms with van der Waals surface area (Å²) in [7, 11) is 0. The third kappa shape index (κ3) is 5.64. The van der Waals surface area contributed by atoms with E-state index in [0.717, 1.165) is 5.56 Å². The van der Waals surface area contributed by atoms with Gasteiger partial charge in [-0.1, -0.05) is 41.4 Å². The van der Waals surface area contributed by atoms with Gasteiger partial charge >= 0.3 is 5.97 Å². The fourth-order valence-corrected chi connectivity index (χ4v) is 1.91. The largest absolute Gasteiger partial charge is 0.480 e. The standard InChI is InChI=1S/C17H16ClNO4/c1-12-6-8-13(9-7-12)19-16(20)10-23-17(21)11-22-15-5-3-2-4-14(15)18/h2-9H,10-11H2,1H3,(H,19,20). The molecule has 0 spiro atoms. The molecule has 0 aromatic heterocycles. The van der Waals surface area contributed by atoms with E-state index in [-0.39, 0.29) is 13.2 Å². The number of carbonyl (C=O) groups is 2. The SMILES string of the molecule is Cc1ccc(NC(=O)COC(=O)COc2ccccc2Cl)cc1. The number of halogens is 1. The summed E-state index contributed by atoms with van der Waals surface area (Å²) in [5, 5.41) is 3.03. The van der Waals surface area contributed by atoms with Gasteiger partial charge < -0.3 is 14.8 Å². The minimum absolute atomic E-state index is 0.318. The smallest absolute Gasteiger partial charge is 0.344 e. The van der Waals surface area contributed by atoms with Crippen molar-refractivity contribution in [1.82, 2.24) is 0 Å². The fraction of sp³-hybridized carbons (Fsp3) is 0.176. The number of nitrogens with one attached hydrogen (secondary N) is 1. The van der Waals surface area contributed by atoms with Crippen molar-refractivity contribution in [3.8, 4) is 5.75 Å². The third-order valence-corrected chi connectivity index (χ3v) is 3.19. The van der Waals surface area contributed by atoms with Crippen LogP contribution < -0.4 is 10.1 Å². The van der Waals surface area contributed by atoms with E-state index in [4.69, 9.17) is 21.1 Å². The van der Waals surface area contributed by atoms with Crippen molar-refractivity contribution < 1.29 is 19.1 Å². The predicted molar refractivity (Wildman–Crippen MR) is 87.7 cm³/mol. The van der Waals surface area contributed by atoms with Gasteiger partial charge in [0.25, 0.3) is 5.91 Å². The van der Waals surface area contributed by atoms with Crippen molar-refractivity contribution in [1.29, 1.82) is 0 Å². The zero-order chi connectivity index (χ0) is 16.7. The van der Waals surface area contributed by atoms with E-state index in [1.165, 1.54) is 0 Å². The van der Waals surface area contributed by atoms with Gasteiger partial charge in [0, 0.05) is 5.69 Å². The molecular formula is C17H16ClNO4.